The maximum Gasteiger partial charge on any atom is 0.150 e. The number of aryl methyl sites for hydroxylation is 1. The molecule has 1 aromatic carbocycles. The van der Waals surface area contributed by atoms with Gasteiger partial charge in [-0.2, -0.15) is 0 Å². The highest BCUT2D eigenvalue weighted by Gasteiger charge is 2.24. The van der Waals surface area contributed by atoms with Crippen molar-refractivity contribution in [3.63, 3.8) is 0 Å². The van der Waals surface area contributed by atoms with Crippen LogP contribution in [-0.4, -0.2) is 9.66 Å². The summed E-state index contributed by atoms with van der Waals surface area (Å²) in [5, 5.41) is 0.695. The molecule has 0 fully saturated rings. The van der Waals surface area contributed by atoms with E-state index in [1.165, 1.54) is 4.68 Å². The number of halogens is 1. The first-order valence-electron chi connectivity index (χ1n) is 6.12. The maximum atomic E-state index is 6.15. The lowest BCUT2D eigenvalue weighted by Crippen LogP contribution is -2.24. The van der Waals surface area contributed by atoms with Crippen LogP contribution in [0.3, 0.4) is 0 Å². The van der Waals surface area contributed by atoms with Gasteiger partial charge in [-0.25, -0.2) is 9.66 Å². The van der Waals surface area contributed by atoms with Crippen LogP contribution in [0.4, 0.5) is 5.82 Å². The van der Waals surface area contributed by atoms with Crippen molar-refractivity contribution in [3.8, 4) is 11.3 Å². The molecule has 0 aliphatic rings. The molecule has 0 radical (unpaired) electrons. The SMILES string of the molecule is Cc1ccc(-c2nc(C(C)(C)C)n(N)c2N)cc1Cl. The van der Waals surface area contributed by atoms with Crippen molar-refractivity contribution in [1.82, 2.24) is 9.66 Å². The Kier molecular flexibility index (Phi) is 3.22. The fourth-order valence-electron chi connectivity index (χ4n) is 1.93. The molecule has 0 spiro atoms. The van der Waals surface area contributed by atoms with Crippen molar-refractivity contribution in [2.24, 2.45) is 0 Å². The number of nitrogens with two attached hydrogens (primary N) is 2. The van der Waals surface area contributed by atoms with Gasteiger partial charge in [-0.05, 0) is 18.6 Å². The summed E-state index contributed by atoms with van der Waals surface area (Å²) in [7, 11) is 0. The Morgan fingerprint density at radius 2 is 1.89 bits per heavy atom. The molecule has 5 heteroatoms. The Balaban J connectivity index is 2.60. The second-order valence-electron chi connectivity index (χ2n) is 5.75. The van der Waals surface area contributed by atoms with E-state index in [0.717, 1.165) is 17.0 Å². The zero-order chi connectivity index (χ0) is 14.4. The van der Waals surface area contributed by atoms with Crippen LogP contribution in [0.1, 0.15) is 32.2 Å². The Morgan fingerprint density at radius 1 is 1.26 bits per heavy atom. The topological polar surface area (TPSA) is 69.9 Å². The van der Waals surface area contributed by atoms with Crippen LogP contribution < -0.4 is 11.6 Å². The third-order valence-electron chi connectivity index (χ3n) is 3.06. The Morgan fingerprint density at radius 3 is 2.37 bits per heavy atom. The van der Waals surface area contributed by atoms with Crippen LogP contribution in [0.15, 0.2) is 18.2 Å². The molecule has 0 aliphatic carbocycles. The zero-order valence-corrected chi connectivity index (χ0v) is 12.4. The van der Waals surface area contributed by atoms with Gasteiger partial charge in [-0.15, -0.1) is 0 Å². The molecule has 0 bridgehead atoms. The number of imidazole rings is 1. The monoisotopic (exact) mass is 278 g/mol. The van der Waals surface area contributed by atoms with E-state index in [9.17, 15) is 0 Å². The van der Waals surface area contributed by atoms with E-state index in [-0.39, 0.29) is 5.41 Å². The molecule has 2 aromatic rings. The minimum atomic E-state index is -0.171. The summed E-state index contributed by atoms with van der Waals surface area (Å²) in [6.07, 6.45) is 0. The van der Waals surface area contributed by atoms with E-state index in [1.54, 1.807) is 0 Å². The third-order valence-corrected chi connectivity index (χ3v) is 3.47. The van der Waals surface area contributed by atoms with Crippen LogP contribution in [-0.2, 0) is 5.41 Å². The highest BCUT2D eigenvalue weighted by molar-refractivity contribution is 6.31. The fraction of sp³-hybridized carbons (Fsp3) is 0.357. The summed E-state index contributed by atoms with van der Waals surface area (Å²) < 4.78 is 1.45. The number of hydrogen-bond acceptors (Lipinski definition) is 3. The molecule has 0 aliphatic heterocycles. The summed E-state index contributed by atoms with van der Waals surface area (Å²) in [6.45, 7) is 8.09. The summed E-state index contributed by atoms with van der Waals surface area (Å²) in [5.74, 6) is 7.19. The van der Waals surface area contributed by atoms with E-state index in [4.69, 9.17) is 23.2 Å². The molecular weight excluding hydrogens is 260 g/mol. The first-order valence-corrected chi connectivity index (χ1v) is 6.50. The first kappa shape index (κ1) is 13.7. The summed E-state index contributed by atoms with van der Waals surface area (Å²) in [6, 6.07) is 5.76. The van der Waals surface area contributed by atoms with Gasteiger partial charge >= 0.3 is 0 Å². The number of benzene rings is 1. The molecule has 4 N–H and O–H groups in total. The predicted molar refractivity (Wildman–Crippen MR) is 80.7 cm³/mol. The highest BCUT2D eigenvalue weighted by atomic mass is 35.5. The van der Waals surface area contributed by atoms with E-state index < -0.39 is 0 Å². The standard InChI is InChI=1S/C14H19ClN4/c1-8-5-6-9(7-10(8)15)11-12(16)19(17)13(18-11)14(2,3)4/h5-7H,16-17H2,1-4H3. The molecule has 0 saturated heterocycles. The van der Waals surface area contributed by atoms with Crippen molar-refractivity contribution in [1.29, 1.82) is 0 Å². The van der Waals surface area contributed by atoms with Gasteiger partial charge in [-0.1, -0.05) is 44.5 Å². The number of nitrogens with zero attached hydrogens (tertiary/aromatic N) is 2. The average Bonchev–Trinajstić information content (AvgIpc) is 2.60. The third kappa shape index (κ3) is 2.40. The first-order chi connectivity index (χ1) is 8.71. The minimum absolute atomic E-state index is 0.171. The smallest absolute Gasteiger partial charge is 0.150 e. The quantitative estimate of drug-likeness (QED) is 0.788. The van der Waals surface area contributed by atoms with Crippen LogP contribution in [0, 0.1) is 6.92 Å². The molecular formula is C14H19ClN4. The van der Waals surface area contributed by atoms with Gasteiger partial charge in [0.15, 0.2) is 5.82 Å². The molecule has 0 atom stereocenters. The second-order valence-corrected chi connectivity index (χ2v) is 6.16. The van der Waals surface area contributed by atoms with E-state index in [2.05, 4.69) is 4.98 Å². The number of rotatable bonds is 1. The van der Waals surface area contributed by atoms with Gasteiger partial charge in [0, 0.05) is 16.0 Å². The lowest BCUT2D eigenvalue weighted by Gasteiger charge is -2.17. The highest BCUT2D eigenvalue weighted by Crippen LogP contribution is 2.32. The summed E-state index contributed by atoms with van der Waals surface area (Å²) >= 11 is 6.15. The van der Waals surface area contributed by atoms with Crippen molar-refractivity contribution in [2.45, 2.75) is 33.1 Å². The van der Waals surface area contributed by atoms with E-state index in [1.807, 2.05) is 45.9 Å². The van der Waals surface area contributed by atoms with E-state index >= 15 is 0 Å². The lowest BCUT2D eigenvalue weighted by atomic mass is 9.96. The number of nitrogen functional groups attached to an aromatic ring is 2. The molecule has 0 amide bonds. The van der Waals surface area contributed by atoms with Gasteiger partial charge in [0.2, 0.25) is 0 Å². The van der Waals surface area contributed by atoms with Crippen molar-refractivity contribution >= 4 is 17.4 Å². The molecule has 1 aromatic heterocycles. The van der Waals surface area contributed by atoms with Crippen molar-refractivity contribution in [2.75, 3.05) is 11.6 Å². The Labute approximate surface area is 118 Å². The van der Waals surface area contributed by atoms with Gasteiger partial charge in [0.25, 0.3) is 0 Å². The van der Waals surface area contributed by atoms with Gasteiger partial charge in [0.1, 0.15) is 11.5 Å². The number of hydrogen-bond donors (Lipinski definition) is 2. The van der Waals surface area contributed by atoms with Crippen molar-refractivity contribution < 1.29 is 0 Å². The Hall–Kier alpha value is -1.68. The average molecular weight is 279 g/mol. The normalized spacial score (nSPS) is 11.8. The number of anilines is 1. The summed E-state index contributed by atoms with van der Waals surface area (Å²) in [4.78, 5) is 4.58. The van der Waals surface area contributed by atoms with E-state index in [0.29, 0.717) is 16.5 Å². The molecule has 4 nitrogen and oxygen atoms in total. The summed E-state index contributed by atoms with van der Waals surface area (Å²) in [5.41, 5.74) is 8.46. The van der Waals surface area contributed by atoms with Crippen LogP contribution in [0.2, 0.25) is 5.02 Å². The van der Waals surface area contributed by atoms with Crippen LogP contribution in [0.5, 0.6) is 0 Å². The lowest BCUT2D eigenvalue weighted by molar-refractivity contribution is 0.532. The maximum absolute atomic E-state index is 6.15. The van der Waals surface area contributed by atoms with Crippen LogP contribution >= 0.6 is 11.6 Å². The largest absolute Gasteiger partial charge is 0.382 e. The second kappa shape index (κ2) is 4.46. The minimum Gasteiger partial charge on any atom is -0.382 e. The molecule has 1 heterocycles. The Bertz CT molecular complexity index is 623. The van der Waals surface area contributed by atoms with Gasteiger partial charge in [0.05, 0.1) is 0 Å². The molecule has 19 heavy (non-hydrogen) atoms. The zero-order valence-electron chi connectivity index (χ0n) is 11.7. The molecule has 102 valence electrons. The predicted octanol–water partition coefficient (Wildman–Crippen LogP) is 3.11. The van der Waals surface area contributed by atoms with Gasteiger partial charge in [-0.3, -0.25) is 0 Å². The molecule has 0 saturated carbocycles. The molecule has 0 unspecified atom stereocenters. The van der Waals surface area contributed by atoms with Crippen LogP contribution in [0.25, 0.3) is 11.3 Å². The molecule has 2 rings (SSSR count). The number of aromatic nitrogens is 2. The van der Waals surface area contributed by atoms with Gasteiger partial charge < -0.3 is 11.6 Å². The fourth-order valence-corrected chi connectivity index (χ4v) is 2.11. The van der Waals surface area contributed by atoms with Crippen molar-refractivity contribution in [3.05, 3.63) is 34.6 Å².